The second-order valence-corrected chi connectivity index (χ2v) is 4.93. The molecule has 1 saturated carbocycles. The molecular formula is C13H28N2. The molecular weight excluding hydrogens is 184 g/mol. The fraction of sp³-hybridized carbons (Fsp3) is 1.00. The molecule has 0 aliphatic heterocycles. The van der Waals surface area contributed by atoms with Gasteiger partial charge in [0, 0.05) is 12.1 Å². The van der Waals surface area contributed by atoms with Crippen molar-refractivity contribution in [3.8, 4) is 0 Å². The Labute approximate surface area is 95.2 Å². The van der Waals surface area contributed by atoms with E-state index < -0.39 is 0 Å². The summed E-state index contributed by atoms with van der Waals surface area (Å²) in [5, 5.41) is 7.14. The van der Waals surface area contributed by atoms with Crippen LogP contribution in [-0.4, -0.2) is 25.2 Å². The average Bonchev–Trinajstić information content (AvgIpc) is 3.02. The van der Waals surface area contributed by atoms with Crippen molar-refractivity contribution in [1.82, 2.24) is 10.6 Å². The van der Waals surface area contributed by atoms with Gasteiger partial charge in [-0.05, 0) is 45.7 Å². The summed E-state index contributed by atoms with van der Waals surface area (Å²) in [5.41, 5.74) is 0. The molecule has 1 aliphatic rings. The number of hydrogen-bond donors (Lipinski definition) is 2. The smallest absolute Gasteiger partial charge is 0.00682 e. The van der Waals surface area contributed by atoms with Gasteiger partial charge in [-0.3, -0.25) is 0 Å². The van der Waals surface area contributed by atoms with Crippen molar-refractivity contribution >= 4 is 0 Å². The van der Waals surface area contributed by atoms with Crippen LogP contribution in [0.1, 0.15) is 58.8 Å². The quantitative estimate of drug-likeness (QED) is 0.544. The third-order valence-corrected chi connectivity index (χ3v) is 3.10. The fourth-order valence-electron chi connectivity index (χ4n) is 1.83. The first-order valence-corrected chi connectivity index (χ1v) is 6.79. The molecule has 2 N–H and O–H groups in total. The van der Waals surface area contributed by atoms with Gasteiger partial charge < -0.3 is 10.6 Å². The summed E-state index contributed by atoms with van der Waals surface area (Å²) in [7, 11) is 0. The molecule has 0 radical (unpaired) electrons. The average molecular weight is 212 g/mol. The van der Waals surface area contributed by atoms with Crippen molar-refractivity contribution in [3.63, 3.8) is 0 Å². The van der Waals surface area contributed by atoms with Crippen molar-refractivity contribution in [2.45, 2.75) is 70.9 Å². The Morgan fingerprint density at radius 2 is 1.93 bits per heavy atom. The molecule has 0 saturated heterocycles. The third kappa shape index (κ3) is 7.80. The summed E-state index contributed by atoms with van der Waals surface area (Å²) >= 11 is 0. The fourth-order valence-corrected chi connectivity index (χ4v) is 1.83. The van der Waals surface area contributed by atoms with Crippen LogP contribution < -0.4 is 10.6 Å². The minimum Gasteiger partial charge on any atom is -0.314 e. The first-order valence-electron chi connectivity index (χ1n) is 6.79. The van der Waals surface area contributed by atoms with E-state index in [1.54, 1.807) is 0 Å². The standard InChI is InChI=1S/C13H28N2/c1-3-4-5-7-12(2)14-10-6-11-15-13-8-9-13/h12-15H,3-11H2,1-2H3. The van der Waals surface area contributed by atoms with Gasteiger partial charge in [0.25, 0.3) is 0 Å². The molecule has 1 aliphatic carbocycles. The van der Waals surface area contributed by atoms with Crippen LogP contribution in [0.2, 0.25) is 0 Å². The van der Waals surface area contributed by atoms with Crippen molar-refractivity contribution in [1.29, 1.82) is 0 Å². The molecule has 0 aromatic rings. The van der Waals surface area contributed by atoms with Gasteiger partial charge in [0.1, 0.15) is 0 Å². The highest BCUT2D eigenvalue weighted by Gasteiger charge is 2.19. The predicted molar refractivity (Wildman–Crippen MR) is 67.2 cm³/mol. The number of unbranched alkanes of at least 4 members (excludes halogenated alkanes) is 2. The lowest BCUT2D eigenvalue weighted by atomic mass is 10.1. The molecule has 90 valence electrons. The molecule has 1 atom stereocenters. The Morgan fingerprint density at radius 3 is 2.60 bits per heavy atom. The van der Waals surface area contributed by atoms with Crippen LogP contribution in [0.15, 0.2) is 0 Å². The minimum absolute atomic E-state index is 0.706. The van der Waals surface area contributed by atoms with E-state index in [2.05, 4.69) is 24.5 Å². The van der Waals surface area contributed by atoms with Gasteiger partial charge in [-0.15, -0.1) is 0 Å². The lowest BCUT2D eigenvalue weighted by Crippen LogP contribution is -2.29. The second kappa shape index (κ2) is 8.12. The van der Waals surface area contributed by atoms with E-state index in [1.807, 2.05) is 0 Å². The molecule has 1 unspecified atom stereocenters. The van der Waals surface area contributed by atoms with E-state index in [1.165, 1.54) is 58.0 Å². The first-order chi connectivity index (χ1) is 7.33. The predicted octanol–water partition coefficient (Wildman–Crippen LogP) is 2.69. The van der Waals surface area contributed by atoms with Crippen molar-refractivity contribution in [3.05, 3.63) is 0 Å². The Kier molecular flexibility index (Phi) is 7.03. The van der Waals surface area contributed by atoms with Gasteiger partial charge in [0.05, 0.1) is 0 Å². The van der Waals surface area contributed by atoms with Gasteiger partial charge in [-0.2, -0.15) is 0 Å². The van der Waals surface area contributed by atoms with Gasteiger partial charge in [-0.1, -0.05) is 26.2 Å². The molecule has 2 heteroatoms. The van der Waals surface area contributed by atoms with E-state index in [4.69, 9.17) is 0 Å². The van der Waals surface area contributed by atoms with Gasteiger partial charge >= 0.3 is 0 Å². The summed E-state index contributed by atoms with van der Waals surface area (Å²) in [6.07, 6.45) is 9.51. The molecule has 0 aromatic carbocycles. The zero-order valence-electron chi connectivity index (χ0n) is 10.5. The van der Waals surface area contributed by atoms with Crippen LogP contribution >= 0.6 is 0 Å². The maximum atomic E-state index is 3.60. The summed E-state index contributed by atoms with van der Waals surface area (Å²) in [4.78, 5) is 0. The van der Waals surface area contributed by atoms with Crippen molar-refractivity contribution in [2.75, 3.05) is 13.1 Å². The molecule has 0 aromatic heterocycles. The van der Waals surface area contributed by atoms with Crippen molar-refractivity contribution < 1.29 is 0 Å². The Morgan fingerprint density at radius 1 is 1.13 bits per heavy atom. The molecule has 1 rings (SSSR count). The summed E-state index contributed by atoms with van der Waals surface area (Å²) in [5.74, 6) is 0. The van der Waals surface area contributed by atoms with E-state index >= 15 is 0 Å². The molecule has 0 heterocycles. The zero-order valence-corrected chi connectivity index (χ0v) is 10.5. The minimum atomic E-state index is 0.706. The lowest BCUT2D eigenvalue weighted by molar-refractivity contribution is 0.476. The van der Waals surface area contributed by atoms with Crippen molar-refractivity contribution in [2.24, 2.45) is 0 Å². The van der Waals surface area contributed by atoms with Gasteiger partial charge in [-0.25, -0.2) is 0 Å². The largest absolute Gasteiger partial charge is 0.314 e. The Balaban J connectivity index is 1.76. The SMILES string of the molecule is CCCCCC(C)NCCCNC1CC1. The summed E-state index contributed by atoms with van der Waals surface area (Å²) in [6, 6.07) is 1.57. The second-order valence-electron chi connectivity index (χ2n) is 4.93. The summed E-state index contributed by atoms with van der Waals surface area (Å²) in [6.45, 7) is 6.94. The van der Waals surface area contributed by atoms with Gasteiger partial charge in [0.2, 0.25) is 0 Å². The van der Waals surface area contributed by atoms with Crippen LogP contribution in [0, 0.1) is 0 Å². The molecule has 0 spiro atoms. The summed E-state index contributed by atoms with van der Waals surface area (Å²) < 4.78 is 0. The van der Waals surface area contributed by atoms with E-state index in [0.29, 0.717) is 6.04 Å². The van der Waals surface area contributed by atoms with E-state index in [9.17, 15) is 0 Å². The third-order valence-electron chi connectivity index (χ3n) is 3.10. The number of rotatable bonds is 10. The monoisotopic (exact) mass is 212 g/mol. The Hall–Kier alpha value is -0.0800. The van der Waals surface area contributed by atoms with Crippen LogP contribution in [0.3, 0.4) is 0 Å². The Bertz CT molecular complexity index is 143. The number of nitrogens with one attached hydrogen (secondary N) is 2. The van der Waals surface area contributed by atoms with Gasteiger partial charge in [0.15, 0.2) is 0 Å². The van der Waals surface area contributed by atoms with Crippen LogP contribution in [-0.2, 0) is 0 Å². The molecule has 15 heavy (non-hydrogen) atoms. The zero-order chi connectivity index (χ0) is 10.9. The number of hydrogen-bond acceptors (Lipinski definition) is 2. The lowest BCUT2D eigenvalue weighted by Gasteiger charge is -2.13. The molecule has 2 nitrogen and oxygen atoms in total. The highest BCUT2D eigenvalue weighted by molar-refractivity contribution is 4.80. The maximum absolute atomic E-state index is 3.60. The maximum Gasteiger partial charge on any atom is 0.00682 e. The molecule has 1 fully saturated rings. The normalized spacial score (nSPS) is 18.0. The first kappa shape index (κ1) is 13.0. The van der Waals surface area contributed by atoms with Crippen LogP contribution in [0.25, 0.3) is 0 Å². The van der Waals surface area contributed by atoms with Crippen LogP contribution in [0.5, 0.6) is 0 Å². The molecule has 0 amide bonds. The van der Waals surface area contributed by atoms with Crippen LogP contribution in [0.4, 0.5) is 0 Å². The van der Waals surface area contributed by atoms with E-state index in [0.717, 1.165) is 6.04 Å². The molecule has 0 bridgehead atoms. The highest BCUT2D eigenvalue weighted by Crippen LogP contribution is 2.18. The highest BCUT2D eigenvalue weighted by atomic mass is 15.0. The van der Waals surface area contributed by atoms with E-state index in [-0.39, 0.29) is 0 Å². The topological polar surface area (TPSA) is 24.1 Å².